The van der Waals surface area contributed by atoms with Crippen LogP contribution in [-0.2, 0) is 30.4 Å². The summed E-state index contributed by atoms with van der Waals surface area (Å²) in [5, 5.41) is 27.0. The van der Waals surface area contributed by atoms with E-state index in [0.717, 1.165) is 21.6 Å². The number of amides is 4. The molecule has 1 aromatic rings. The SMILES string of the molecule is COc1ccc(CC(=O)N[C@H]2CSSC[C@@H](C(=O)O)NC(=O)[C@@H]3CCCN3C(=O)[C@H](CO)NC2=O)cc1. The molecule has 3 rings (SSSR count). The van der Waals surface area contributed by atoms with E-state index in [9.17, 15) is 34.2 Å². The molecular formula is C23H30N4O8S2. The number of fused-ring (bicyclic) bond motifs is 1. The molecule has 5 N–H and O–H groups in total. The Kier molecular flexibility index (Phi) is 10.5. The molecule has 2 aliphatic rings. The summed E-state index contributed by atoms with van der Waals surface area (Å²) in [6.45, 7) is -0.477. The lowest BCUT2D eigenvalue weighted by atomic mass is 10.1. The van der Waals surface area contributed by atoms with Gasteiger partial charge in [0, 0.05) is 18.1 Å². The van der Waals surface area contributed by atoms with Crippen molar-refractivity contribution in [1.29, 1.82) is 0 Å². The second-order valence-electron chi connectivity index (χ2n) is 8.55. The number of nitrogens with one attached hydrogen (secondary N) is 3. The molecule has 0 aliphatic carbocycles. The lowest BCUT2D eigenvalue weighted by Gasteiger charge is -2.30. The van der Waals surface area contributed by atoms with E-state index in [-0.39, 0.29) is 24.5 Å². The fourth-order valence-corrected chi connectivity index (χ4v) is 6.31. The number of carboxylic acids is 1. The van der Waals surface area contributed by atoms with Gasteiger partial charge in [-0.15, -0.1) is 0 Å². The minimum atomic E-state index is -1.32. The van der Waals surface area contributed by atoms with E-state index >= 15 is 0 Å². The molecule has 2 saturated heterocycles. The van der Waals surface area contributed by atoms with E-state index in [1.54, 1.807) is 24.3 Å². The molecule has 12 nitrogen and oxygen atoms in total. The second kappa shape index (κ2) is 13.5. The van der Waals surface area contributed by atoms with E-state index < -0.39 is 60.4 Å². The summed E-state index contributed by atoms with van der Waals surface area (Å²) in [5.41, 5.74) is 0.699. The van der Waals surface area contributed by atoms with E-state index in [4.69, 9.17) is 4.74 Å². The molecule has 0 bridgehead atoms. The smallest absolute Gasteiger partial charge is 0.327 e. The van der Waals surface area contributed by atoms with E-state index in [1.165, 1.54) is 12.0 Å². The number of aliphatic hydroxyl groups is 1. The third-order valence-electron chi connectivity index (χ3n) is 5.98. The molecule has 2 fully saturated rings. The van der Waals surface area contributed by atoms with E-state index in [2.05, 4.69) is 16.0 Å². The lowest BCUT2D eigenvalue weighted by Crippen LogP contribution is -2.59. The van der Waals surface area contributed by atoms with Crippen molar-refractivity contribution < 1.29 is 38.9 Å². The predicted molar refractivity (Wildman–Crippen MR) is 137 cm³/mol. The molecular weight excluding hydrogens is 524 g/mol. The Hall–Kier alpha value is -2.97. The monoisotopic (exact) mass is 554 g/mol. The maximum absolute atomic E-state index is 13.1. The summed E-state index contributed by atoms with van der Waals surface area (Å²) >= 11 is 0. The van der Waals surface area contributed by atoms with Gasteiger partial charge in [-0.3, -0.25) is 19.2 Å². The Balaban J connectivity index is 1.77. The van der Waals surface area contributed by atoms with Crippen molar-refractivity contribution in [2.75, 3.05) is 31.8 Å². The molecule has 37 heavy (non-hydrogen) atoms. The molecule has 0 saturated carbocycles. The quantitative estimate of drug-likeness (QED) is 0.279. The molecule has 4 amide bonds. The van der Waals surface area contributed by atoms with Crippen LogP contribution in [0.1, 0.15) is 18.4 Å². The van der Waals surface area contributed by atoms with Crippen LogP contribution in [0.4, 0.5) is 0 Å². The van der Waals surface area contributed by atoms with Crippen molar-refractivity contribution in [1.82, 2.24) is 20.9 Å². The van der Waals surface area contributed by atoms with Crippen molar-refractivity contribution in [2.45, 2.75) is 43.4 Å². The average molecular weight is 555 g/mol. The Morgan fingerprint density at radius 1 is 1.11 bits per heavy atom. The summed E-state index contributed by atoms with van der Waals surface area (Å²) in [6, 6.07) is 2.40. The van der Waals surface area contributed by atoms with Crippen LogP contribution in [0.5, 0.6) is 5.75 Å². The van der Waals surface area contributed by atoms with Gasteiger partial charge in [0.2, 0.25) is 23.6 Å². The predicted octanol–water partition coefficient (Wildman–Crippen LogP) is -0.845. The first-order valence-electron chi connectivity index (χ1n) is 11.6. The highest BCUT2D eigenvalue weighted by atomic mass is 33.1. The Morgan fingerprint density at radius 3 is 2.46 bits per heavy atom. The summed E-state index contributed by atoms with van der Waals surface area (Å²) in [7, 11) is 3.82. The summed E-state index contributed by atoms with van der Waals surface area (Å²) in [5.74, 6) is -2.85. The Bertz CT molecular complexity index is 1010. The third kappa shape index (κ3) is 7.76. The van der Waals surface area contributed by atoms with E-state index in [0.29, 0.717) is 24.2 Å². The number of carboxylic acid groups (broad SMARTS) is 1. The van der Waals surface area contributed by atoms with Crippen LogP contribution in [0, 0.1) is 0 Å². The molecule has 4 atom stereocenters. The summed E-state index contributed by atoms with van der Waals surface area (Å²) in [4.78, 5) is 64.6. The van der Waals surface area contributed by atoms with Gasteiger partial charge in [0.1, 0.15) is 29.9 Å². The molecule has 202 valence electrons. The molecule has 0 aromatic heterocycles. The van der Waals surface area contributed by atoms with Crippen LogP contribution in [0.15, 0.2) is 24.3 Å². The van der Waals surface area contributed by atoms with Gasteiger partial charge >= 0.3 is 5.97 Å². The highest BCUT2D eigenvalue weighted by Crippen LogP contribution is 2.25. The fourth-order valence-electron chi connectivity index (χ4n) is 3.99. The van der Waals surface area contributed by atoms with Gasteiger partial charge in [0.25, 0.3) is 0 Å². The van der Waals surface area contributed by atoms with Crippen LogP contribution in [0.25, 0.3) is 0 Å². The van der Waals surface area contributed by atoms with Crippen molar-refractivity contribution in [3.05, 3.63) is 29.8 Å². The number of hydrogen-bond acceptors (Lipinski definition) is 9. The van der Waals surface area contributed by atoms with E-state index in [1.807, 2.05) is 0 Å². The maximum atomic E-state index is 13.1. The molecule has 0 spiro atoms. The lowest BCUT2D eigenvalue weighted by molar-refractivity contribution is -0.145. The number of aliphatic hydroxyl groups excluding tert-OH is 1. The van der Waals surface area contributed by atoms with Crippen molar-refractivity contribution >= 4 is 51.2 Å². The number of ether oxygens (including phenoxy) is 1. The highest BCUT2D eigenvalue weighted by molar-refractivity contribution is 8.76. The molecule has 14 heteroatoms. The van der Waals surface area contributed by atoms with Crippen molar-refractivity contribution in [3.8, 4) is 5.75 Å². The number of nitrogens with zero attached hydrogens (tertiary/aromatic N) is 1. The number of aliphatic carboxylic acids is 1. The number of carbonyl (C=O) groups excluding carboxylic acids is 4. The highest BCUT2D eigenvalue weighted by Gasteiger charge is 2.39. The number of hydrogen-bond donors (Lipinski definition) is 5. The fraction of sp³-hybridized carbons (Fsp3) is 0.522. The van der Waals surface area contributed by atoms with Crippen molar-refractivity contribution in [3.63, 3.8) is 0 Å². The first kappa shape index (κ1) is 28.6. The zero-order chi connectivity index (χ0) is 26.9. The summed E-state index contributed by atoms with van der Waals surface area (Å²) in [6.07, 6.45) is 0.848. The van der Waals surface area contributed by atoms with Gasteiger partial charge in [-0.25, -0.2) is 4.79 Å². The topological polar surface area (TPSA) is 174 Å². The first-order chi connectivity index (χ1) is 17.7. The second-order valence-corrected chi connectivity index (χ2v) is 11.1. The Labute approximate surface area is 221 Å². The van der Waals surface area contributed by atoms with Crippen LogP contribution in [0.2, 0.25) is 0 Å². The van der Waals surface area contributed by atoms with Gasteiger partial charge in [0.15, 0.2) is 0 Å². The van der Waals surface area contributed by atoms with Gasteiger partial charge in [0.05, 0.1) is 20.1 Å². The standard InChI is InChI=1S/C23H30N4O8S2/c1-35-14-6-4-13(5-7-14)9-19(29)24-16-11-36-37-12-17(23(33)34)26-21(31)18-3-2-8-27(18)22(32)15(10-28)25-20(16)30/h4-7,15-18,28H,2-3,8-12H2,1H3,(H,24,29)(H,25,30)(H,26,31)(H,33,34)/t15-,16-,17-,18-/m0/s1. The van der Waals surface area contributed by atoms with Gasteiger partial charge in [-0.2, -0.15) is 0 Å². The number of rotatable bonds is 6. The normalized spacial score (nSPS) is 25.4. The zero-order valence-corrected chi connectivity index (χ0v) is 21.8. The third-order valence-corrected chi connectivity index (χ3v) is 8.40. The first-order valence-corrected chi connectivity index (χ1v) is 14.1. The number of carbonyl (C=O) groups is 5. The average Bonchev–Trinajstić information content (AvgIpc) is 3.37. The van der Waals surface area contributed by atoms with Gasteiger partial charge in [-0.05, 0) is 30.5 Å². The van der Waals surface area contributed by atoms with Gasteiger partial charge < -0.3 is 35.8 Å². The minimum absolute atomic E-state index is 0.00345. The summed E-state index contributed by atoms with van der Waals surface area (Å²) < 4.78 is 5.11. The maximum Gasteiger partial charge on any atom is 0.327 e. The number of benzene rings is 1. The molecule has 2 aliphatic heterocycles. The molecule has 0 radical (unpaired) electrons. The molecule has 1 aromatic carbocycles. The number of methoxy groups -OCH3 is 1. The van der Waals surface area contributed by atoms with Gasteiger partial charge in [-0.1, -0.05) is 33.7 Å². The van der Waals surface area contributed by atoms with Crippen molar-refractivity contribution in [2.24, 2.45) is 0 Å². The van der Waals surface area contributed by atoms with Crippen LogP contribution in [0.3, 0.4) is 0 Å². The van der Waals surface area contributed by atoms with Crippen LogP contribution in [-0.4, -0.2) is 101 Å². The minimum Gasteiger partial charge on any atom is -0.497 e. The zero-order valence-electron chi connectivity index (χ0n) is 20.2. The Morgan fingerprint density at radius 2 is 1.81 bits per heavy atom. The molecule has 2 heterocycles. The largest absolute Gasteiger partial charge is 0.497 e. The van der Waals surface area contributed by atoms with Crippen LogP contribution >= 0.6 is 21.6 Å². The van der Waals surface area contributed by atoms with Crippen LogP contribution < -0.4 is 20.7 Å². The molecule has 0 unspecified atom stereocenters.